The van der Waals surface area contributed by atoms with Gasteiger partial charge in [-0.05, 0) is 48.0 Å². The third-order valence-corrected chi connectivity index (χ3v) is 4.31. The molecule has 0 aliphatic rings. The molecule has 20 heavy (non-hydrogen) atoms. The number of nitrogen functional groups attached to an aromatic ring is 1. The Kier molecular flexibility index (Phi) is 4.13. The molecule has 0 bridgehead atoms. The normalized spacial score (nSPS) is 10.6. The van der Waals surface area contributed by atoms with Crippen LogP contribution in [-0.2, 0) is 6.54 Å². The maximum Gasteiger partial charge on any atom is 0.348 e. The predicted octanol–water partition coefficient (Wildman–Crippen LogP) is 2.26. The number of hydrogen-bond acceptors (Lipinski definition) is 4. The van der Waals surface area contributed by atoms with Gasteiger partial charge in [0.2, 0.25) is 0 Å². The first-order valence-corrected chi connectivity index (χ1v) is 6.89. The van der Waals surface area contributed by atoms with Crippen molar-refractivity contribution in [3.05, 3.63) is 50.1 Å². The summed E-state index contributed by atoms with van der Waals surface area (Å²) in [6, 6.07) is 5.36. The molecule has 2 aromatic rings. The van der Waals surface area contributed by atoms with E-state index in [4.69, 9.17) is 10.5 Å². The zero-order valence-electron chi connectivity index (χ0n) is 11.6. The predicted molar refractivity (Wildman–Crippen MR) is 82.2 cm³/mol. The number of nitrogens with two attached hydrogens (primary N) is 1. The van der Waals surface area contributed by atoms with Crippen molar-refractivity contribution in [1.82, 2.24) is 9.55 Å². The summed E-state index contributed by atoms with van der Waals surface area (Å²) in [7, 11) is 1.59. The largest absolute Gasteiger partial charge is 0.496 e. The number of ether oxygens (including phenoxy) is 1. The van der Waals surface area contributed by atoms with E-state index >= 15 is 0 Å². The van der Waals surface area contributed by atoms with Gasteiger partial charge in [0.15, 0.2) is 0 Å². The summed E-state index contributed by atoms with van der Waals surface area (Å²) >= 11 is 3.45. The van der Waals surface area contributed by atoms with Crippen LogP contribution in [0.25, 0.3) is 0 Å². The lowest BCUT2D eigenvalue weighted by Gasteiger charge is -2.14. The zero-order valence-corrected chi connectivity index (χ0v) is 13.2. The number of rotatable bonds is 3. The van der Waals surface area contributed by atoms with Gasteiger partial charge in [0.05, 0.1) is 23.8 Å². The molecule has 5 nitrogen and oxygen atoms in total. The third-order valence-electron chi connectivity index (χ3n) is 3.17. The van der Waals surface area contributed by atoms with E-state index in [0.29, 0.717) is 23.7 Å². The van der Waals surface area contributed by atoms with Crippen LogP contribution in [0.5, 0.6) is 5.75 Å². The van der Waals surface area contributed by atoms with Crippen molar-refractivity contribution in [3.63, 3.8) is 0 Å². The van der Waals surface area contributed by atoms with Crippen molar-refractivity contribution >= 4 is 21.6 Å². The summed E-state index contributed by atoms with van der Waals surface area (Å²) in [5.41, 5.74) is 8.50. The summed E-state index contributed by atoms with van der Waals surface area (Å²) in [6.45, 7) is 4.04. The Hall–Kier alpha value is -1.82. The van der Waals surface area contributed by atoms with Crippen LogP contribution in [0.15, 0.2) is 27.5 Å². The number of aryl methyl sites for hydroxylation is 1. The molecule has 0 aliphatic heterocycles. The maximum absolute atomic E-state index is 12.1. The molecule has 0 fully saturated rings. The lowest BCUT2D eigenvalue weighted by molar-refractivity contribution is 0.408. The van der Waals surface area contributed by atoms with Crippen LogP contribution in [0.2, 0.25) is 0 Å². The second-order valence-corrected chi connectivity index (χ2v) is 5.33. The van der Waals surface area contributed by atoms with Gasteiger partial charge in [0.1, 0.15) is 5.75 Å². The molecule has 0 radical (unpaired) electrons. The third kappa shape index (κ3) is 2.70. The van der Waals surface area contributed by atoms with Crippen LogP contribution in [-0.4, -0.2) is 16.7 Å². The van der Waals surface area contributed by atoms with E-state index in [2.05, 4.69) is 20.9 Å². The van der Waals surface area contributed by atoms with Crippen LogP contribution in [0.3, 0.4) is 0 Å². The Labute approximate surface area is 125 Å². The monoisotopic (exact) mass is 337 g/mol. The minimum absolute atomic E-state index is 0.285. The maximum atomic E-state index is 12.1. The highest BCUT2D eigenvalue weighted by atomic mass is 79.9. The van der Waals surface area contributed by atoms with Crippen molar-refractivity contribution < 1.29 is 4.74 Å². The summed E-state index contributed by atoms with van der Waals surface area (Å²) < 4.78 is 7.73. The fourth-order valence-electron chi connectivity index (χ4n) is 2.06. The minimum atomic E-state index is -0.285. The molecular weight excluding hydrogens is 322 g/mol. The van der Waals surface area contributed by atoms with Crippen molar-refractivity contribution in [3.8, 4) is 5.75 Å². The average Bonchev–Trinajstić information content (AvgIpc) is 2.41. The van der Waals surface area contributed by atoms with Crippen LogP contribution in [0.4, 0.5) is 5.69 Å². The molecule has 2 rings (SSSR count). The van der Waals surface area contributed by atoms with Gasteiger partial charge in [-0.1, -0.05) is 0 Å². The van der Waals surface area contributed by atoms with Crippen LogP contribution >= 0.6 is 15.9 Å². The summed E-state index contributed by atoms with van der Waals surface area (Å²) in [5, 5.41) is 0. The second kappa shape index (κ2) is 5.66. The Morgan fingerprint density at radius 2 is 2.10 bits per heavy atom. The quantitative estimate of drug-likeness (QED) is 0.872. The van der Waals surface area contributed by atoms with E-state index < -0.39 is 0 Å². The summed E-state index contributed by atoms with van der Waals surface area (Å²) in [5.74, 6) is 0.696. The molecule has 0 aliphatic carbocycles. The molecule has 0 unspecified atom stereocenters. The Balaban J connectivity index is 2.53. The van der Waals surface area contributed by atoms with Gasteiger partial charge in [-0.25, -0.2) is 4.79 Å². The summed E-state index contributed by atoms with van der Waals surface area (Å²) in [4.78, 5) is 16.1. The average molecular weight is 338 g/mol. The Bertz CT molecular complexity index is 710. The van der Waals surface area contributed by atoms with E-state index in [0.717, 1.165) is 15.7 Å². The van der Waals surface area contributed by atoms with Crippen LogP contribution < -0.4 is 16.2 Å². The molecule has 0 atom stereocenters. The molecular formula is C14H16BrN3O2. The number of halogens is 1. The number of hydrogen-bond donors (Lipinski definition) is 1. The molecule has 1 aromatic heterocycles. The van der Waals surface area contributed by atoms with E-state index in [1.807, 2.05) is 6.92 Å². The number of methoxy groups -OCH3 is 1. The van der Waals surface area contributed by atoms with Gasteiger partial charge in [-0.2, -0.15) is 4.98 Å². The first-order chi connectivity index (χ1) is 9.43. The Morgan fingerprint density at radius 1 is 1.40 bits per heavy atom. The van der Waals surface area contributed by atoms with Gasteiger partial charge in [0.25, 0.3) is 0 Å². The molecule has 1 heterocycles. The second-order valence-electron chi connectivity index (χ2n) is 4.54. The highest BCUT2D eigenvalue weighted by Gasteiger charge is 2.12. The topological polar surface area (TPSA) is 70.1 Å². The number of aromatic nitrogens is 2. The molecule has 106 valence electrons. The standard InChI is InChI=1S/C14H16BrN3O2/c1-8-13(15)9(2)18(14(19)17-8)7-10-6-11(16)4-5-12(10)20-3/h4-6H,7,16H2,1-3H3. The van der Waals surface area contributed by atoms with E-state index in [1.54, 1.807) is 36.8 Å². The van der Waals surface area contributed by atoms with Crippen molar-refractivity contribution in [2.45, 2.75) is 20.4 Å². The Morgan fingerprint density at radius 3 is 2.75 bits per heavy atom. The SMILES string of the molecule is COc1ccc(N)cc1Cn1c(C)c(Br)c(C)nc1=O. The van der Waals surface area contributed by atoms with Gasteiger partial charge < -0.3 is 10.5 Å². The lowest BCUT2D eigenvalue weighted by atomic mass is 10.1. The van der Waals surface area contributed by atoms with E-state index in [-0.39, 0.29) is 5.69 Å². The first kappa shape index (κ1) is 14.6. The molecule has 1 aromatic carbocycles. The lowest BCUT2D eigenvalue weighted by Crippen LogP contribution is -2.27. The zero-order chi connectivity index (χ0) is 14.9. The molecule has 0 amide bonds. The van der Waals surface area contributed by atoms with Crippen molar-refractivity contribution in [2.75, 3.05) is 12.8 Å². The summed E-state index contributed by atoms with van der Waals surface area (Å²) in [6.07, 6.45) is 0. The molecule has 0 saturated heterocycles. The number of anilines is 1. The number of nitrogens with zero attached hydrogens (tertiary/aromatic N) is 2. The minimum Gasteiger partial charge on any atom is -0.496 e. The van der Waals surface area contributed by atoms with Crippen molar-refractivity contribution in [1.29, 1.82) is 0 Å². The molecule has 6 heteroatoms. The first-order valence-electron chi connectivity index (χ1n) is 6.10. The molecule has 0 spiro atoms. The van der Waals surface area contributed by atoms with Gasteiger partial charge in [-0.15, -0.1) is 0 Å². The molecule has 2 N–H and O–H groups in total. The van der Waals surface area contributed by atoms with Crippen LogP contribution in [0, 0.1) is 13.8 Å². The fraction of sp³-hybridized carbons (Fsp3) is 0.286. The smallest absolute Gasteiger partial charge is 0.348 e. The number of benzene rings is 1. The highest BCUT2D eigenvalue weighted by Crippen LogP contribution is 2.23. The van der Waals surface area contributed by atoms with E-state index in [1.165, 1.54) is 0 Å². The van der Waals surface area contributed by atoms with Gasteiger partial charge >= 0.3 is 5.69 Å². The highest BCUT2D eigenvalue weighted by molar-refractivity contribution is 9.10. The van der Waals surface area contributed by atoms with E-state index in [9.17, 15) is 4.79 Å². The van der Waals surface area contributed by atoms with Gasteiger partial charge in [-0.3, -0.25) is 4.57 Å². The van der Waals surface area contributed by atoms with Gasteiger partial charge in [0, 0.05) is 16.9 Å². The molecule has 0 saturated carbocycles. The fourth-order valence-corrected chi connectivity index (χ4v) is 2.36. The van der Waals surface area contributed by atoms with Crippen LogP contribution in [0.1, 0.15) is 17.0 Å². The van der Waals surface area contributed by atoms with Crippen molar-refractivity contribution in [2.24, 2.45) is 0 Å².